The Labute approximate surface area is 162 Å². The highest BCUT2D eigenvalue weighted by molar-refractivity contribution is 5.94. The van der Waals surface area contributed by atoms with E-state index < -0.39 is 12.6 Å². The topological polar surface area (TPSA) is 36.4 Å². The van der Waals surface area contributed by atoms with Gasteiger partial charge in [-0.1, -0.05) is 30.3 Å². The third-order valence-corrected chi connectivity index (χ3v) is 5.78. The molecule has 0 unspecified atom stereocenters. The van der Waals surface area contributed by atoms with Gasteiger partial charge in [0.25, 0.3) is 5.91 Å². The van der Waals surface area contributed by atoms with Gasteiger partial charge in [-0.15, -0.1) is 0 Å². The summed E-state index contributed by atoms with van der Waals surface area (Å²) >= 11 is 0. The highest BCUT2D eigenvalue weighted by Crippen LogP contribution is 2.45. The van der Waals surface area contributed by atoms with Crippen LogP contribution in [0.3, 0.4) is 0 Å². The average molecular weight is 389 g/mol. The third-order valence-electron chi connectivity index (χ3n) is 5.78. The zero-order valence-corrected chi connectivity index (χ0v) is 15.3. The largest absolute Gasteiger partial charge is 0.390 e. The summed E-state index contributed by atoms with van der Waals surface area (Å²) in [4.78, 5) is 20.9. The summed E-state index contributed by atoms with van der Waals surface area (Å²) in [5.41, 5.74) is 1.62. The molecule has 0 bridgehead atoms. The smallest absolute Gasteiger partial charge is 0.331 e. The first-order chi connectivity index (χ1) is 13.4. The SMILES string of the molecule is O=C(c1ccncc1)N1C[C@@H]2CN(CCC(F)(F)F)C[C@@H]2[C@H]1c1ccccc1. The minimum atomic E-state index is -4.14. The third kappa shape index (κ3) is 3.90. The molecular formula is C21H22F3N3O. The number of likely N-dealkylation sites (tertiary alicyclic amines) is 2. The van der Waals surface area contributed by atoms with E-state index in [2.05, 4.69) is 4.98 Å². The molecule has 2 aliphatic rings. The van der Waals surface area contributed by atoms with Crippen molar-refractivity contribution in [1.29, 1.82) is 0 Å². The maximum absolute atomic E-state index is 13.1. The molecule has 2 aromatic rings. The zero-order valence-electron chi connectivity index (χ0n) is 15.3. The first kappa shape index (κ1) is 18.9. The number of benzene rings is 1. The van der Waals surface area contributed by atoms with Gasteiger partial charge < -0.3 is 9.80 Å². The summed E-state index contributed by atoms with van der Waals surface area (Å²) in [5.74, 6) is 0.276. The van der Waals surface area contributed by atoms with Gasteiger partial charge >= 0.3 is 6.18 Å². The van der Waals surface area contributed by atoms with Crippen molar-refractivity contribution in [3.05, 3.63) is 66.0 Å². The molecule has 1 aromatic carbocycles. The highest BCUT2D eigenvalue weighted by atomic mass is 19.4. The lowest BCUT2D eigenvalue weighted by Gasteiger charge is -2.30. The van der Waals surface area contributed by atoms with E-state index in [0.29, 0.717) is 25.2 Å². The maximum atomic E-state index is 13.1. The number of aromatic nitrogens is 1. The molecule has 1 amide bonds. The van der Waals surface area contributed by atoms with Crippen molar-refractivity contribution < 1.29 is 18.0 Å². The van der Waals surface area contributed by atoms with Crippen molar-refractivity contribution in [1.82, 2.24) is 14.8 Å². The minimum Gasteiger partial charge on any atom is -0.331 e. The quantitative estimate of drug-likeness (QED) is 0.799. The molecule has 7 heteroatoms. The van der Waals surface area contributed by atoms with Crippen LogP contribution in [0.2, 0.25) is 0 Å². The number of alkyl halides is 3. The maximum Gasteiger partial charge on any atom is 0.390 e. The number of carbonyl (C=O) groups excluding carboxylic acids is 1. The van der Waals surface area contributed by atoms with Gasteiger partial charge in [-0.2, -0.15) is 13.2 Å². The van der Waals surface area contributed by atoms with Crippen LogP contribution in [0.1, 0.15) is 28.4 Å². The number of hydrogen-bond acceptors (Lipinski definition) is 3. The summed E-state index contributed by atoms with van der Waals surface area (Å²) in [5, 5.41) is 0. The van der Waals surface area contributed by atoms with Gasteiger partial charge in [-0.3, -0.25) is 9.78 Å². The van der Waals surface area contributed by atoms with Crippen molar-refractivity contribution in [2.75, 3.05) is 26.2 Å². The molecule has 0 N–H and O–H groups in total. The summed E-state index contributed by atoms with van der Waals surface area (Å²) in [6.45, 7) is 1.77. The average Bonchev–Trinajstić information content (AvgIpc) is 3.24. The zero-order chi connectivity index (χ0) is 19.7. The number of fused-ring (bicyclic) bond motifs is 1. The molecule has 2 fully saturated rings. The van der Waals surface area contributed by atoms with E-state index in [-0.39, 0.29) is 30.3 Å². The fraction of sp³-hybridized carbons (Fsp3) is 0.429. The number of halogens is 3. The van der Waals surface area contributed by atoms with Crippen LogP contribution in [-0.4, -0.2) is 53.0 Å². The summed E-state index contributed by atoms with van der Waals surface area (Å²) in [7, 11) is 0. The molecule has 2 saturated heterocycles. The molecule has 0 spiro atoms. The van der Waals surface area contributed by atoms with Gasteiger partial charge in [0.15, 0.2) is 0 Å². The number of carbonyl (C=O) groups is 1. The molecule has 0 aliphatic carbocycles. The molecule has 0 saturated carbocycles. The van der Waals surface area contributed by atoms with E-state index in [1.807, 2.05) is 40.1 Å². The molecule has 0 radical (unpaired) electrons. The molecule has 28 heavy (non-hydrogen) atoms. The van der Waals surface area contributed by atoms with E-state index in [9.17, 15) is 18.0 Å². The fourth-order valence-corrected chi connectivity index (χ4v) is 4.55. The molecule has 3 atom stereocenters. The van der Waals surface area contributed by atoms with E-state index in [0.717, 1.165) is 5.56 Å². The van der Waals surface area contributed by atoms with Crippen molar-refractivity contribution >= 4 is 5.91 Å². The predicted octanol–water partition coefficient (Wildman–Crippen LogP) is 3.78. The monoisotopic (exact) mass is 389 g/mol. The Bertz CT molecular complexity index is 813. The van der Waals surface area contributed by atoms with Crippen molar-refractivity contribution in [3.63, 3.8) is 0 Å². The summed E-state index contributed by atoms with van der Waals surface area (Å²) < 4.78 is 37.8. The van der Waals surface area contributed by atoms with Crippen LogP contribution >= 0.6 is 0 Å². The number of amides is 1. The van der Waals surface area contributed by atoms with Crippen molar-refractivity contribution in [2.24, 2.45) is 11.8 Å². The molecule has 3 heterocycles. The Morgan fingerprint density at radius 2 is 1.75 bits per heavy atom. The second kappa shape index (κ2) is 7.54. The van der Waals surface area contributed by atoms with Crippen LogP contribution in [0.15, 0.2) is 54.9 Å². The minimum absolute atomic E-state index is 0.0241. The van der Waals surface area contributed by atoms with Gasteiger partial charge in [-0.05, 0) is 23.6 Å². The van der Waals surface area contributed by atoms with Crippen LogP contribution in [-0.2, 0) is 0 Å². The number of hydrogen-bond donors (Lipinski definition) is 0. The van der Waals surface area contributed by atoms with E-state index >= 15 is 0 Å². The molecule has 2 aliphatic heterocycles. The van der Waals surface area contributed by atoms with Crippen LogP contribution in [0, 0.1) is 11.8 Å². The molecular weight excluding hydrogens is 367 g/mol. The van der Waals surface area contributed by atoms with E-state index in [4.69, 9.17) is 0 Å². The summed E-state index contributed by atoms with van der Waals surface area (Å²) in [6.07, 6.45) is -1.73. The number of rotatable bonds is 4. The van der Waals surface area contributed by atoms with E-state index in [1.54, 1.807) is 24.5 Å². The van der Waals surface area contributed by atoms with Crippen LogP contribution < -0.4 is 0 Å². The molecule has 4 nitrogen and oxygen atoms in total. The van der Waals surface area contributed by atoms with Gasteiger partial charge in [0.05, 0.1) is 12.5 Å². The number of nitrogens with zero attached hydrogens (tertiary/aromatic N) is 3. The summed E-state index contributed by atoms with van der Waals surface area (Å²) in [6, 6.07) is 13.1. The van der Waals surface area contributed by atoms with Gasteiger partial charge in [-0.25, -0.2) is 0 Å². The van der Waals surface area contributed by atoms with Crippen molar-refractivity contribution in [3.8, 4) is 0 Å². The highest BCUT2D eigenvalue weighted by Gasteiger charge is 2.49. The van der Waals surface area contributed by atoms with E-state index in [1.165, 1.54) is 0 Å². The lowest BCUT2D eigenvalue weighted by Crippen LogP contribution is -2.36. The van der Waals surface area contributed by atoms with Crippen LogP contribution in [0.4, 0.5) is 13.2 Å². The normalized spacial score (nSPS) is 25.1. The second-order valence-electron chi connectivity index (χ2n) is 7.60. The molecule has 4 rings (SSSR count). The van der Waals surface area contributed by atoms with Gasteiger partial charge in [0, 0.05) is 50.1 Å². The molecule has 1 aromatic heterocycles. The Morgan fingerprint density at radius 3 is 2.43 bits per heavy atom. The lowest BCUT2D eigenvalue weighted by atomic mass is 9.89. The van der Waals surface area contributed by atoms with Crippen molar-refractivity contribution in [2.45, 2.75) is 18.6 Å². The Kier molecular flexibility index (Phi) is 5.10. The van der Waals surface area contributed by atoms with Crippen LogP contribution in [0.5, 0.6) is 0 Å². The first-order valence-electron chi connectivity index (χ1n) is 9.47. The second-order valence-corrected chi connectivity index (χ2v) is 7.60. The lowest BCUT2D eigenvalue weighted by molar-refractivity contribution is -0.137. The van der Waals surface area contributed by atoms with Gasteiger partial charge in [0.1, 0.15) is 0 Å². The fourth-order valence-electron chi connectivity index (χ4n) is 4.55. The Balaban J connectivity index is 1.56. The Morgan fingerprint density at radius 1 is 1.04 bits per heavy atom. The first-order valence-corrected chi connectivity index (χ1v) is 9.47. The predicted molar refractivity (Wildman–Crippen MR) is 98.5 cm³/mol. The number of pyridine rings is 1. The molecule has 148 valence electrons. The van der Waals surface area contributed by atoms with Crippen LogP contribution in [0.25, 0.3) is 0 Å². The standard InChI is InChI=1S/C21H22F3N3O/c22-21(23,24)8-11-26-12-17-13-27(20(28)16-6-9-25-10-7-16)19(18(17)14-26)15-4-2-1-3-5-15/h1-7,9-10,17-19H,8,11-14H2/t17-,18-,19+/m0/s1. The van der Waals surface area contributed by atoms with Gasteiger partial charge in [0.2, 0.25) is 0 Å². The Hall–Kier alpha value is -2.41.